The molecule has 0 spiro atoms. The van der Waals surface area contributed by atoms with Crippen LogP contribution in [0.3, 0.4) is 0 Å². The Hall–Kier alpha value is -4.60. The Bertz CT molecular complexity index is 1510. The third-order valence-corrected chi connectivity index (χ3v) is 8.82. The summed E-state index contributed by atoms with van der Waals surface area (Å²) in [7, 11) is -1.67. The normalized spacial score (nSPS) is 17.3. The molecule has 0 saturated carbocycles. The van der Waals surface area contributed by atoms with Gasteiger partial charge in [-0.3, -0.25) is 28.3 Å². The molecule has 3 amide bonds. The van der Waals surface area contributed by atoms with Crippen LogP contribution in [-0.4, -0.2) is 127 Å². The third-order valence-electron chi connectivity index (χ3n) is 7.62. The van der Waals surface area contributed by atoms with Crippen LogP contribution >= 0.6 is 8.03 Å². The van der Waals surface area contributed by atoms with Crippen LogP contribution in [0.5, 0.6) is 0 Å². The molecule has 18 heteroatoms. The second-order valence-electron chi connectivity index (χ2n) is 11.1. The van der Waals surface area contributed by atoms with Gasteiger partial charge in [0.25, 0.3) is 5.91 Å². The largest absolute Gasteiger partial charge is 0.450 e. The van der Waals surface area contributed by atoms with Gasteiger partial charge in [-0.15, -0.1) is 0 Å². The Labute approximate surface area is 284 Å². The summed E-state index contributed by atoms with van der Waals surface area (Å²) in [6, 6.07) is 9.17. The van der Waals surface area contributed by atoms with E-state index in [4.69, 9.17) is 28.5 Å². The number of ether oxygens (including phenoxy) is 4. The van der Waals surface area contributed by atoms with Crippen LogP contribution in [0.2, 0.25) is 0 Å². The molecule has 0 bridgehead atoms. The Morgan fingerprint density at radius 1 is 0.959 bits per heavy atom. The van der Waals surface area contributed by atoms with Crippen molar-refractivity contribution in [1.82, 2.24) is 25.1 Å². The average Bonchev–Trinajstić information content (AvgIpc) is 3.57. The van der Waals surface area contributed by atoms with Crippen molar-refractivity contribution >= 4 is 43.7 Å². The summed E-state index contributed by atoms with van der Waals surface area (Å²) in [5, 5.41) is 2.65. The van der Waals surface area contributed by atoms with Crippen molar-refractivity contribution in [3.05, 3.63) is 42.1 Å². The standard InChI is InChI=1S/C31H41N6O11P/c1-5-45-30(42)36-15-13-35(14-16-36)29(41)25(19-49(43)48-31(46-20(2)38)47-21(3)39)33-28(40)24-17-26(37-12-11-23(18-37)44-4)34-27(32-24)22-9-7-6-8-10-22/h6-10,17,23,25,31,49H,5,11-16,18-19H2,1-4H3,(H,33,40). The molecule has 2 saturated heterocycles. The van der Waals surface area contributed by atoms with E-state index in [0.717, 1.165) is 20.3 Å². The van der Waals surface area contributed by atoms with Gasteiger partial charge in [0.2, 0.25) is 13.9 Å². The highest BCUT2D eigenvalue weighted by molar-refractivity contribution is 7.39. The monoisotopic (exact) mass is 704 g/mol. The Balaban J connectivity index is 1.60. The van der Waals surface area contributed by atoms with Crippen molar-refractivity contribution in [2.75, 3.05) is 64.0 Å². The third kappa shape index (κ3) is 10.7. The molecule has 3 unspecified atom stereocenters. The fraction of sp³-hybridized carbons (Fsp3) is 0.516. The maximum absolute atomic E-state index is 13.9. The van der Waals surface area contributed by atoms with Crippen molar-refractivity contribution in [3.63, 3.8) is 0 Å². The van der Waals surface area contributed by atoms with Crippen molar-refractivity contribution in [2.24, 2.45) is 0 Å². The van der Waals surface area contributed by atoms with Crippen LogP contribution in [0, 0.1) is 0 Å². The van der Waals surface area contributed by atoms with Crippen LogP contribution in [0.1, 0.15) is 37.7 Å². The molecule has 4 rings (SSSR count). The molecule has 2 fully saturated rings. The van der Waals surface area contributed by atoms with E-state index in [1.807, 2.05) is 23.1 Å². The molecule has 266 valence electrons. The highest BCUT2D eigenvalue weighted by Gasteiger charge is 2.34. The Morgan fingerprint density at radius 3 is 2.20 bits per heavy atom. The number of hydrogen-bond donors (Lipinski definition) is 1. The topological polar surface area (TPSA) is 196 Å². The molecule has 0 aliphatic carbocycles. The number of methoxy groups -OCH3 is 1. The lowest BCUT2D eigenvalue weighted by molar-refractivity contribution is -0.231. The van der Waals surface area contributed by atoms with Gasteiger partial charge in [0.05, 0.1) is 18.9 Å². The van der Waals surface area contributed by atoms with E-state index < -0.39 is 56.6 Å². The van der Waals surface area contributed by atoms with E-state index >= 15 is 0 Å². The molecular formula is C31H41N6O11P. The van der Waals surface area contributed by atoms with Gasteiger partial charge in [0.1, 0.15) is 17.6 Å². The van der Waals surface area contributed by atoms with Gasteiger partial charge in [0.15, 0.2) is 5.82 Å². The first-order valence-corrected chi connectivity index (χ1v) is 17.3. The molecule has 3 atom stereocenters. The van der Waals surface area contributed by atoms with Crippen molar-refractivity contribution in [3.8, 4) is 11.4 Å². The van der Waals surface area contributed by atoms with Crippen molar-refractivity contribution in [1.29, 1.82) is 0 Å². The molecule has 1 aromatic carbocycles. The number of esters is 2. The van der Waals surface area contributed by atoms with Crippen LogP contribution < -0.4 is 10.2 Å². The Kier molecular flexibility index (Phi) is 13.4. The summed E-state index contributed by atoms with van der Waals surface area (Å²) in [5.41, 5.74) is 0.612. The number of anilines is 1. The summed E-state index contributed by atoms with van der Waals surface area (Å²) in [4.78, 5) is 77.0. The van der Waals surface area contributed by atoms with Gasteiger partial charge in [-0.05, 0) is 13.3 Å². The van der Waals surface area contributed by atoms with E-state index in [0.29, 0.717) is 24.5 Å². The molecule has 0 radical (unpaired) electrons. The van der Waals surface area contributed by atoms with Crippen molar-refractivity contribution in [2.45, 2.75) is 45.8 Å². The van der Waals surface area contributed by atoms with Crippen LogP contribution in [0.4, 0.5) is 10.6 Å². The van der Waals surface area contributed by atoms with E-state index in [2.05, 4.69) is 10.3 Å². The van der Waals surface area contributed by atoms with Crippen LogP contribution in [0.25, 0.3) is 11.4 Å². The van der Waals surface area contributed by atoms with E-state index in [9.17, 15) is 28.5 Å². The second kappa shape index (κ2) is 17.7. The zero-order valence-electron chi connectivity index (χ0n) is 27.8. The number of nitrogens with one attached hydrogen (secondary N) is 1. The summed E-state index contributed by atoms with van der Waals surface area (Å²) in [6.07, 6.45) is -0.307. The fourth-order valence-electron chi connectivity index (χ4n) is 5.20. The molecule has 3 heterocycles. The van der Waals surface area contributed by atoms with Gasteiger partial charge < -0.3 is 39.0 Å². The predicted octanol–water partition coefficient (Wildman–Crippen LogP) is 1.67. The lowest BCUT2D eigenvalue weighted by Gasteiger charge is -2.36. The highest BCUT2D eigenvalue weighted by atomic mass is 31.1. The van der Waals surface area contributed by atoms with E-state index in [-0.39, 0.29) is 50.4 Å². The summed E-state index contributed by atoms with van der Waals surface area (Å²) >= 11 is 0. The highest BCUT2D eigenvalue weighted by Crippen LogP contribution is 2.28. The molecule has 2 aliphatic heterocycles. The smallest absolute Gasteiger partial charge is 0.409 e. The van der Waals surface area contributed by atoms with Crippen molar-refractivity contribution < 1.29 is 52.0 Å². The minimum absolute atomic E-state index is 0.0147. The molecule has 1 aromatic heterocycles. The summed E-state index contributed by atoms with van der Waals surface area (Å²) in [5.74, 6) is -2.33. The zero-order chi connectivity index (χ0) is 35.5. The summed E-state index contributed by atoms with van der Waals surface area (Å²) in [6.45, 7) is 3.79. The lowest BCUT2D eigenvalue weighted by Crippen LogP contribution is -2.56. The number of rotatable bonds is 13. The van der Waals surface area contributed by atoms with Gasteiger partial charge in [-0.25, -0.2) is 14.8 Å². The number of carbonyl (C=O) groups is 5. The molecule has 2 aliphatic rings. The number of aromatic nitrogens is 2. The molecule has 49 heavy (non-hydrogen) atoms. The maximum atomic E-state index is 13.9. The first-order valence-electron chi connectivity index (χ1n) is 15.7. The maximum Gasteiger partial charge on any atom is 0.409 e. The molecule has 17 nitrogen and oxygen atoms in total. The summed E-state index contributed by atoms with van der Waals surface area (Å²) < 4.78 is 38.6. The van der Waals surface area contributed by atoms with Gasteiger partial charge in [-0.2, -0.15) is 0 Å². The number of nitrogens with zero attached hydrogens (tertiary/aromatic N) is 5. The molecular weight excluding hydrogens is 663 g/mol. The second-order valence-corrected chi connectivity index (χ2v) is 12.5. The van der Waals surface area contributed by atoms with E-state index in [1.54, 1.807) is 26.2 Å². The minimum Gasteiger partial charge on any atom is -0.450 e. The number of benzene rings is 1. The Morgan fingerprint density at radius 2 is 1.61 bits per heavy atom. The van der Waals surface area contributed by atoms with Gasteiger partial charge in [-0.1, -0.05) is 30.3 Å². The fourth-order valence-corrected chi connectivity index (χ4v) is 6.22. The number of hydrogen-bond acceptors (Lipinski definition) is 14. The van der Waals surface area contributed by atoms with Crippen LogP contribution in [-0.2, 0) is 42.4 Å². The van der Waals surface area contributed by atoms with Gasteiger partial charge >= 0.3 is 24.5 Å². The first kappa shape index (κ1) is 37.2. The van der Waals surface area contributed by atoms with Gasteiger partial charge in [0, 0.05) is 71.9 Å². The number of carbonyl (C=O) groups excluding carboxylic acids is 5. The number of amides is 3. The zero-order valence-corrected chi connectivity index (χ0v) is 28.8. The van der Waals surface area contributed by atoms with E-state index in [1.165, 1.54) is 15.9 Å². The average molecular weight is 705 g/mol. The first-order chi connectivity index (χ1) is 23.5. The lowest BCUT2D eigenvalue weighted by atomic mass is 10.2. The predicted molar refractivity (Wildman–Crippen MR) is 174 cm³/mol. The molecule has 1 N–H and O–H groups in total. The minimum atomic E-state index is -3.30. The quantitative estimate of drug-likeness (QED) is 0.180. The SMILES string of the molecule is CCOC(=O)N1CCN(C(=O)C(C[PH](=O)OC(OC(C)=O)OC(C)=O)NC(=O)c2cc(N3CCC(OC)C3)nc(-c3ccccc3)n2)CC1. The van der Waals surface area contributed by atoms with Crippen LogP contribution in [0.15, 0.2) is 36.4 Å². The number of piperazine rings is 1. The molecule has 2 aromatic rings.